The Hall–Kier alpha value is -2.10. The number of rotatable bonds is 7. The Morgan fingerprint density at radius 3 is 2.28 bits per heavy atom. The summed E-state index contributed by atoms with van der Waals surface area (Å²) in [7, 11) is 0. The van der Waals surface area contributed by atoms with E-state index in [1.54, 1.807) is 12.1 Å². The van der Waals surface area contributed by atoms with Crippen LogP contribution in [0, 0.1) is 41.3 Å². The maximum atomic E-state index is 14.1. The molecule has 0 bridgehead atoms. The Morgan fingerprint density at radius 2 is 1.59 bits per heavy atom. The van der Waals surface area contributed by atoms with Crippen molar-refractivity contribution in [1.29, 1.82) is 0 Å². The fourth-order valence-electron chi connectivity index (χ4n) is 6.44. The van der Waals surface area contributed by atoms with Crippen molar-refractivity contribution in [1.82, 2.24) is 0 Å². The summed E-state index contributed by atoms with van der Waals surface area (Å²) >= 11 is 0. The first-order chi connectivity index (χ1) is 15.6. The highest BCUT2D eigenvalue weighted by molar-refractivity contribution is 5.75. The monoisotopic (exact) mass is 440 g/mol. The van der Waals surface area contributed by atoms with Gasteiger partial charge in [-0.1, -0.05) is 18.7 Å². The number of hydrogen-bond acceptors (Lipinski definition) is 3. The normalized spacial score (nSPS) is 32.4. The highest BCUT2D eigenvalue weighted by Crippen LogP contribution is 2.49. The average molecular weight is 441 g/mol. The molecule has 4 rings (SSSR count). The Labute approximate surface area is 192 Å². The van der Waals surface area contributed by atoms with Crippen molar-refractivity contribution < 1.29 is 18.7 Å². The topological polar surface area (TPSA) is 35.5 Å². The Balaban J connectivity index is 1.24. The minimum atomic E-state index is -0.529. The van der Waals surface area contributed by atoms with Crippen LogP contribution in [0.3, 0.4) is 0 Å². The highest BCUT2D eigenvalue weighted by atomic mass is 19.1. The molecule has 0 radical (unpaired) electrons. The number of esters is 1. The van der Waals surface area contributed by atoms with Crippen LogP contribution in [0.4, 0.5) is 4.39 Å². The number of halogens is 1. The number of carbonyl (C=O) groups excluding carboxylic acids is 1. The lowest BCUT2D eigenvalue weighted by Gasteiger charge is -2.45. The number of allylic oxidation sites excluding steroid dienone is 1. The molecule has 4 atom stereocenters. The van der Waals surface area contributed by atoms with Crippen LogP contribution in [0.5, 0.6) is 11.5 Å². The molecule has 174 valence electrons. The first-order valence-corrected chi connectivity index (χ1v) is 12.4. The van der Waals surface area contributed by atoms with Gasteiger partial charge in [-0.25, -0.2) is 4.39 Å². The number of ether oxygens (including phenoxy) is 2. The first kappa shape index (κ1) is 23.1. The molecule has 3 aliphatic carbocycles. The summed E-state index contributed by atoms with van der Waals surface area (Å²) in [5, 5.41) is 0. The number of benzene rings is 1. The second-order valence-electron chi connectivity index (χ2n) is 10.1. The highest BCUT2D eigenvalue weighted by Gasteiger charge is 2.39. The third kappa shape index (κ3) is 5.44. The van der Waals surface area contributed by atoms with Crippen LogP contribution in [0.25, 0.3) is 0 Å². The van der Waals surface area contributed by atoms with E-state index in [1.807, 2.05) is 0 Å². The molecule has 1 aromatic rings. The van der Waals surface area contributed by atoms with Crippen molar-refractivity contribution in [2.75, 3.05) is 6.61 Å². The molecule has 3 aliphatic rings. The largest absolute Gasteiger partial charge is 0.486 e. The summed E-state index contributed by atoms with van der Waals surface area (Å²) in [4.78, 5) is 12.7. The lowest BCUT2D eigenvalue weighted by Crippen LogP contribution is -2.35. The zero-order valence-corrected chi connectivity index (χ0v) is 19.1. The van der Waals surface area contributed by atoms with Crippen LogP contribution in [0.2, 0.25) is 0 Å². The van der Waals surface area contributed by atoms with Gasteiger partial charge >= 0.3 is 5.97 Å². The third-order valence-electron chi connectivity index (χ3n) is 8.28. The van der Waals surface area contributed by atoms with E-state index in [1.165, 1.54) is 50.7 Å². The molecule has 4 unspecified atom stereocenters. The van der Waals surface area contributed by atoms with Gasteiger partial charge < -0.3 is 9.47 Å². The van der Waals surface area contributed by atoms with Gasteiger partial charge in [0.2, 0.25) is 0 Å². The van der Waals surface area contributed by atoms with E-state index >= 15 is 0 Å². The van der Waals surface area contributed by atoms with Crippen molar-refractivity contribution >= 4 is 5.97 Å². The van der Waals surface area contributed by atoms with Gasteiger partial charge in [0.15, 0.2) is 11.6 Å². The summed E-state index contributed by atoms with van der Waals surface area (Å²) in [6.45, 7) is 7.80. The van der Waals surface area contributed by atoms with E-state index in [0.29, 0.717) is 0 Å². The summed E-state index contributed by atoms with van der Waals surface area (Å²) in [6, 6.07) is 4.31. The smallest absolute Gasteiger partial charge is 0.314 e. The number of hydrogen-bond donors (Lipinski definition) is 0. The predicted octanol–water partition coefficient (Wildman–Crippen LogP) is 7.12. The molecular formula is C28H37FO3. The molecular weight excluding hydrogens is 403 g/mol. The molecule has 0 amide bonds. The van der Waals surface area contributed by atoms with Crippen molar-refractivity contribution in [3.63, 3.8) is 0 Å². The predicted molar refractivity (Wildman–Crippen MR) is 125 cm³/mol. The Kier molecular flexibility index (Phi) is 7.70. The van der Waals surface area contributed by atoms with Gasteiger partial charge in [-0.15, -0.1) is 6.58 Å². The summed E-state index contributed by atoms with van der Waals surface area (Å²) in [5.74, 6) is 3.66. The molecule has 32 heavy (non-hydrogen) atoms. The van der Waals surface area contributed by atoms with Crippen LogP contribution in [0.15, 0.2) is 43.5 Å². The van der Waals surface area contributed by atoms with Crippen LogP contribution < -0.4 is 9.47 Å². The van der Waals surface area contributed by atoms with Crippen LogP contribution in [-0.2, 0) is 4.79 Å². The molecule has 0 aromatic heterocycles. The van der Waals surface area contributed by atoms with Gasteiger partial charge in [0.05, 0.1) is 5.92 Å². The first-order valence-electron chi connectivity index (χ1n) is 12.4. The summed E-state index contributed by atoms with van der Waals surface area (Å²) in [5.41, 5.74) is 0. The van der Waals surface area contributed by atoms with Crippen molar-refractivity contribution in [2.45, 2.75) is 64.2 Å². The zero-order chi connectivity index (χ0) is 22.5. The number of fused-ring (bicyclic) bond motifs is 1. The third-order valence-corrected chi connectivity index (χ3v) is 8.28. The van der Waals surface area contributed by atoms with E-state index in [0.717, 1.165) is 55.3 Å². The molecule has 0 heterocycles. The summed E-state index contributed by atoms with van der Waals surface area (Å²) in [6.07, 6.45) is 15.9. The van der Waals surface area contributed by atoms with Crippen LogP contribution in [0.1, 0.15) is 64.2 Å². The molecule has 0 aliphatic heterocycles. The fourth-order valence-corrected chi connectivity index (χ4v) is 6.44. The molecule has 3 saturated carbocycles. The maximum absolute atomic E-state index is 14.1. The SMILES string of the molecule is C=CCOc1ccc(OC(=O)C2CCC(C3CCC4CC(C=C)CCC4C3)CC2)cc1F. The van der Waals surface area contributed by atoms with E-state index in [-0.39, 0.29) is 30.0 Å². The van der Waals surface area contributed by atoms with Gasteiger partial charge in [-0.3, -0.25) is 4.79 Å². The standard InChI is InChI=1S/C28H37FO3/c1-3-15-31-27-14-13-25(18-26(27)29)32-28(30)21-9-7-20(8-10-21)23-12-11-22-16-19(4-2)5-6-24(22)17-23/h3-4,13-14,18-24H,1-2,5-12,15-17H2. The van der Waals surface area contributed by atoms with Gasteiger partial charge in [0.25, 0.3) is 0 Å². The van der Waals surface area contributed by atoms with Gasteiger partial charge in [0, 0.05) is 6.07 Å². The fraction of sp³-hybridized carbons (Fsp3) is 0.607. The quantitative estimate of drug-likeness (QED) is 0.257. The molecule has 0 saturated heterocycles. The van der Waals surface area contributed by atoms with Crippen molar-refractivity contribution in [2.24, 2.45) is 35.5 Å². The van der Waals surface area contributed by atoms with E-state index in [9.17, 15) is 9.18 Å². The minimum Gasteiger partial charge on any atom is -0.486 e. The van der Waals surface area contributed by atoms with Crippen molar-refractivity contribution in [3.05, 3.63) is 49.3 Å². The molecule has 3 fully saturated rings. The zero-order valence-electron chi connectivity index (χ0n) is 19.1. The van der Waals surface area contributed by atoms with E-state index in [4.69, 9.17) is 9.47 Å². The van der Waals surface area contributed by atoms with Gasteiger partial charge in [0.1, 0.15) is 12.4 Å². The molecule has 3 nitrogen and oxygen atoms in total. The lowest BCUT2D eigenvalue weighted by molar-refractivity contribution is -0.140. The second kappa shape index (κ2) is 10.7. The summed E-state index contributed by atoms with van der Waals surface area (Å²) < 4.78 is 24.9. The van der Waals surface area contributed by atoms with E-state index in [2.05, 4.69) is 19.2 Å². The number of carbonyl (C=O) groups is 1. The average Bonchev–Trinajstić information content (AvgIpc) is 2.83. The van der Waals surface area contributed by atoms with Crippen LogP contribution in [-0.4, -0.2) is 12.6 Å². The van der Waals surface area contributed by atoms with Crippen LogP contribution >= 0.6 is 0 Å². The van der Waals surface area contributed by atoms with Gasteiger partial charge in [-0.2, -0.15) is 0 Å². The molecule has 1 aromatic carbocycles. The lowest BCUT2D eigenvalue weighted by atomic mass is 9.61. The Morgan fingerprint density at radius 1 is 0.938 bits per heavy atom. The molecule has 0 N–H and O–H groups in total. The maximum Gasteiger partial charge on any atom is 0.314 e. The minimum absolute atomic E-state index is 0.0784. The van der Waals surface area contributed by atoms with Crippen molar-refractivity contribution in [3.8, 4) is 11.5 Å². The molecule has 4 heteroatoms. The second-order valence-corrected chi connectivity index (χ2v) is 10.1. The Bertz CT molecular complexity index is 811. The van der Waals surface area contributed by atoms with Gasteiger partial charge in [-0.05, 0) is 106 Å². The van der Waals surface area contributed by atoms with E-state index < -0.39 is 5.82 Å². The molecule has 0 spiro atoms.